The summed E-state index contributed by atoms with van der Waals surface area (Å²) in [6, 6.07) is 0. The molecule has 0 unspecified atom stereocenters. The van der Waals surface area contributed by atoms with Gasteiger partial charge in [0.05, 0.1) is 11.5 Å². The molecule has 0 aromatic heterocycles. The predicted octanol–water partition coefficient (Wildman–Crippen LogP) is 1.83. The molecule has 0 heterocycles. The molecule has 1 aliphatic rings. The molecule has 1 rings (SSSR count). The van der Waals surface area contributed by atoms with Gasteiger partial charge in [-0.1, -0.05) is 6.08 Å². The lowest BCUT2D eigenvalue weighted by Crippen LogP contribution is -2.38. The van der Waals surface area contributed by atoms with Crippen LogP contribution in [0.5, 0.6) is 0 Å². The van der Waals surface area contributed by atoms with Crippen LogP contribution >= 0.6 is 0 Å². The van der Waals surface area contributed by atoms with Crippen LogP contribution in [0.25, 0.3) is 0 Å². The smallest absolute Gasteiger partial charge is 0.312 e. The molecule has 13 heavy (non-hydrogen) atoms. The summed E-state index contributed by atoms with van der Waals surface area (Å²) in [6.07, 6.45) is 4.50. The second kappa shape index (κ2) is 3.92. The second-order valence-electron chi connectivity index (χ2n) is 3.57. The van der Waals surface area contributed by atoms with Gasteiger partial charge in [0.25, 0.3) is 0 Å². The van der Waals surface area contributed by atoms with E-state index in [1.807, 2.05) is 0 Å². The first kappa shape index (κ1) is 10.3. The van der Waals surface area contributed by atoms with Gasteiger partial charge in [0, 0.05) is 7.11 Å². The first-order valence-corrected chi connectivity index (χ1v) is 4.54. The lowest BCUT2D eigenvalue weighted by Gasteiger charge is -2.28. The van der Waals surface area contributed by atoms with Crippen molar-refractivity contribution in [3.63, 3.8) is 0 Å². The fraction of sp³-hybridized carbons (Fsp3) is 0.700. The first-order valence-electron chi connectivity index (χ1n) is 4.54. The standard InChI is InChI=1S/C10H16O3/c1-3-6-10(9(11)12)7-4-5-8(10)13-2/h3,8H,1,4-7H2,2H3,(H,11,12)/t8-,10+/m1/s1. The van der Waals surface area contributed by atoms with Gasteiger partial charge in [-0.3, -0.25) is 4.79 Å². The lowest BCUT2D eigenvalue weighted by atomic mass is 9.81. The van der Waals surface area contributed by atoms with Gasteiger partial charge in [-0.2, -0.15) is 0 Å². The number of ether oxygens (including phenoxy) is 1. The molecule has 0 aromatic rings. The highest BCUT2D eigenvalue weighted by molar-refractivity contribution is 5.76. The van der Waals surface area contributed by atoms with Gasteiger partial charge in [-0.25, -0.2) is 0 Å². The summed E-state index contributed by atoms with van der Waals surface area (Å²) >= 11 is 0. The van der Waals surface area contributed by atoms with Gasteiger partial charge in [-0.15, -0.1) is 6.58 Å². The van der Waals surface area contributed by atoms with Crippen molar-refractivity contribution in [2.75, 3.05) is 7.11 Å². The molecule has 1 N–H and O–H groups in total. The normalized spacial score (nSPS) is 33.2. The van der Waals surface area contributed by atoms with Gasteiger partial charge in [0.15, 0.2) is 0 Å². The molecule has 0 spiro atoms. The van der Waals surface area contributed by atoms with E-state index in [0.717, 1.165) is 12.8 Å². The van der Waals surface area contributed by atoms with Crippen molar-refractivity contribution in [1.82, 2.24) is 0 Å². The highest BCUT2D eigenvalue weighted by Gasteiger charge is 2.48. The minimum atomic E-state index is -0.753. The Kier molecular flexibility index (Phi) is 3.09. The maximum Gasteiger partial charge on any atom is 0.312 e. The average Bonchev–Trinajstić information content (AvgIpc) is 2.49. The topological polar surface area (TPSA) is 46.5 Å². The van der Waals surface area contributed by atoms with Crippen LogP contribution in [0.4, 0.5) is 0 Å². The number of methoxy groups -OCH3 is 1. The summed E-state index contributed by atoms with van der Waals surface area (Å²) in [7, 11) is 1.58. The van der Waals surface area contributed by atoms with Crippen LogP contribution < -0.4 is 0 Å². The number of allylic oxidation sites excluding steroid dienone is 1. The van der Waals surface area contributed by atoms with E-state index in [0.29, 0.717) is 12.8 Å². The number of hydrogen-bond donors (Lipinski definition) is 1. The molecule has 3 heteroatoms. The van der Waals surface area contributed by atoms with Crippen LogP contribution in [0.1, 0.15) is 25.7 Å². The van der Waals surface area contributed by atoms with Crippen LogP contribution in [-0.2, 0) is 9.53 Å². The monoisotopic (exact) mass is 184 g/mol. The van der Waals surface area contributed by atoms with Gasteiger partial charge < -0.3 is 9.84 Å². The molecule has 1 saturated carbocycles. The Bertz CT molecular complexity index is 212. The molecular weight excluding hydrogens is 168 g/mol. The molecule has 0 saturated heterocycles. The van der Waals surface area contributed by atoms with E-state index in [1.165, 1.54) is 0 Å². The first-order chi connectivity index (χ1) is 6.17. The van der Waals surface area contributed by atoms with Crippen molar-refractivity contribution in [2.24, 2.45) is 5.41 Å². The molecular formula is C10H16O3. The maximum absolute atomic E-state index is 11.2. The van der Waals surface area contributed by atoms with Crippen LogP contribution in [0.2, 0.25) is 0 Å². The Morgan fingerprint density at radius 3 is 3.00 bits per heavy atom. The largest absolute Gasteiger partial charge is 0.481 e. The Hall–Kier alpha value is -0.830. The third-order valence-electron chi connectivity index (χ3n) is 2.92. The summed E-state index contributed by atoms with van der Waals surface area (Å²) in [5.41, 5.74) is -0.712. The Morgan fingerprint density at radius 2 is 2.54 bits per heavy atom. The van der Waals surface area contributed by atoms with Crippen LogP contribution in [0.3, 0.4) is 0 Å². The fourth-order valence-corrected chi connectivity index (χ4v) is 2.21. The molecule has 2 atom stereocenters. The van der Waals surface area contributed by atoms with Crippen molar-refractivity contribution >= 4 is 5.97 Å². The van der Waals surface area contributed by atoms with E-state index in [2.05, 4.69) is 6.58 Å². The molecule has 74 valence electrons. The number of carboxylic acid groups (broad SMARTS) is 1. The highest BCUT2D eigenvalue weighted by Crippen LogP contribution is 2.43. The molecule has 0 bridgehead atoms. The zero-order chi connectivity index (χ0) is 9.90. The Balaban J connectivity index is 2.87. The van der Waals surface area contributed by atoms with E-state index in [-0.39, 0.29) is 6.10 Å². The third kappa shape index (κ3) is 1.61. The minimum absolute atomic E-state index is 0.150. The molecule has 3 nitrogen and oxygen atoms in total. The minimum Gasteiger partial charge on any atom is -0.481 e. The van der Waals surface area contributed by atoms with Gasteiger partial charge in [0.1, 0.15) is 0 Å². The summed E-state index contributed by atoms with van der Waals surface area (Å²) < 4.78 is 5.21. The number of hydrogen-bond acceptors (Lipinski definition) is 2. The number of aliphatic carboxylic acids is 1. The van der Waals surface area contributed by atoms with Gasteiger partial charge >= 0.3 is 5.97 Å². The summed E-state index contributed by atoms with van der Waals surface area (Å²) in [4.78, 5) is 11.2. The fourth-order valence-electron chi connectivity index (χ4n) is 2.21. The van der Waals surface area contributed by atoms with Gasteiger partial charge in [0.2, 0.25) is 0 Å². The molecule has 1 fully saturated rings. The van der Waals surface area contributed by atoms with Crippen LogP contribution in [0, 0.1) is 5.41 Å². The van der Waals surface area contributed by atoms with Crippen LogP contribution in [-0.4, -0.2) is 24.3 Å². The predicted molar refractivity (Wildman–Crippen MR) is 49.5 cm³/mol. The number of rotatable bonds is 4. The molecule has 0 radical (unpaired) electrons. The average molecular weight is 184 g/mol. The number of carboxylic acids is 1. The molecule has 0 aliphatic heterocycles. The van der Waals surface area contributed by atoms with Gasteiger partial charge in [-0.05, 0) is 25.7 Å². The number of carbonyl (C=O) groups is 1. The molecule has 1 aliphatic carbocycles. The van der Waals surface area contributed by atoms with Crippen molar-refractivity contribution in [3.05, 3.63) is 12.7 Å². The molecule has 0 amide bonds. The summed E-state index contributed by atoms with van der Waals surface area (Å²) in [5, 5.41) is 9.17. The quantitative estimate of drug-likeness (QED) is 0.678. The van der Waals surface area contributed by atoms with Crippen molar-refractivity contribution in [3.8, 4) is 0 Å². The van der Waals surface area contributed by atoms with E-state index >= 15 is 0 Å². The van der Waals surface area contributed by atoms with E-state index in [9.17, 15) is 4.79 Å². The maximum atomic E-state index is 11.2. The Labute approximate surface area is 78.4 Å². The zero-order valence-electron chi connectivity index (χ0n) is 7.95. The zero-order valence-corrected chi connectivity index (χ0v) is 7.95. The summed E-state index contributed by atoms with van der Waals surface area (Å²) in [5.74, 6) is -0.753. The summed E-state index contributed by atoms with van der Waals surface area (Å²) in [6.45, 7) is 3.60. The second-order valence-corrected chi connectivity index (χ2v) is 3.57. The van der Waals surface area contributed by atoms with Crippen molar-refractivity contribution in [2.45, 2.75) is 31.8 Å². The molecule has 0 aromatic carbocycles. The third-order valence-corrected chi connectivity index (χ3v) is 2.92. The Morgan fingerprint density at radius 1 is 1.85 bits per heavy atom. The van der Waals surface area contributed by atoms with E-state index in [4.69, 9.17) is 9.84 Å². The van der Waals surface area contributed by atoms with Crippen molar-refractivity contribution < 1.29 is 14.6 Å². The van der Waals surface area contributed by atoms with Crippen LogP contribution in [0.15, 0.2) is 12.7 Å². The van der Waals surface area contributed by atoms with E-state index in [1.54, 1.807) is 13.2 Å². The lowest BCUT2D eigenvalue weighted by molar-refractivity contribution is -0.155. The SMILES string of the molecule is C=CC[C@]1(C(=O)O)CCC[C@H]1OC. The van der Waals surface area contributed by atoms with Crippen molar-refractivity contribution in [1.29, 1.82) is 0 Å². The van der Waals surface area contributed by atoms with E-state index < -0.39 is 11.4 Å². The highest BCUT2D eigenvalue weighted by atomic mass is 16.5.